The molecule has 0 bridgehead atoms. The van der Waals surface area contributed by atoms with Crippen LogP contribution in [0.1, 0.15) is 48.9 Å². The predicted octanol–water partition coefficient (Wildman–Crippen LogP) is 4.14. The van der Waals surface area contributed by atoms with Gasteiger partial charge < -0.3 is 15.3 Å². The molecule has 9 nitrogen and oxygen atoms in total. The Morgan fingerprint density at radius 2 is 1.67 bits per heavy atom. The second kappa shape index (κ2) is 12.0. The van der Waals surface area contributed by atoms with E-state index in [9.17, 15) is 30.4 Å². The highest BCUT2D eigenvalue weighted by Gasteiger charge is 2.30. The second-order valence-electron chi connectivity index (χ2n) is 9.66. The number of aliphatic hydroxyl groups excluding tert-OH is 1. The number of aliphatic hydroxyl groups is 1. The first kappa shape index (κ1) is 29.0. The van der Waals surface area contributed by atoms with Gasteiger partial charge >= 0.3 is 0 Å². The van der Waals surface area contributed by atoms with Crippen LogP contribution in [0.4, 0.5) is 25.8 Å². The van der Waals surface area contributed by atoms with E-state index in [0.29, 0.717) is 18.5 Å². The summed E-state index contributed by atoms with van der Waals surface area (Å²) in [5, 5.41) is 11.3. The molecule has 3 N–H and O–H groups in total. The fourth-order valence-electron chi connectivity index (χ4n) is 4.95. The summed E-state index contributed by atoms with van der Waals surface area (Å²) in [6, 6.07) is 10.3. The lowest BCUT2D eigenvalue weighted by atomic mass is 10.0. The molecule has 1 amide bonds. The first-order valence-corrected chi connectivity index (χ1v) is 15.9. The smallest absolute Gasteiger partial charge is 0.269 e. The quantitative estimate of drug-likeness (QED) is 0.404. The van der Waals surface area contributed by atoms with Gasteiger partial charge in [0.05, 0.1) is 39.4 Å². The van der Waals surface area contributed by atoms with Gasteiger partial charge in [-0.25, -0.2) is 16.8 Å². The van der Waals surface area contributed by atoms with Crippen LogP contribution in [-0.4, -0.2) is 58.5 Å². The lowest BCUT2D eigenvalue weighted by Crippen LogP contribution is -2.32. The van der Waals surface area contributed by atoms with Crippen LogP contribution in [0.2, 0.25) is 0 Å². The van der Waals surface area contributed by atoms with Crippen molar-refractivity contribution in [2.45, 2.75) is 48.7 Å². The lowest BCUT2D eigenvalue weighted by Gasteiger charge is -2.31. The van der Waals surface area contributed by atoms with E-state index in [1.165, 1.54) is 30.3 Å². The Hall–Kier alpha value is -3.03. The van der Waals surface area contributed by atoms with E-state index in [1.54, 1.807) is 17.0 Å². The van der Waals surface area contributed by atoms with Gasteiger partial charge in [0, 0.05) is 18.8 Å². The Morgan fingerprint density at radius 3 is 2.31 bits per heavy atom. The number of nitrogens with one attached hydrogen (secondary N) is 2. The van der Waals surface area contributed by atoms with Crippen molar-refractivity contribution in [2.24, 2.45) is 0 Å². The topological polar surface area (TPSA) is 133 Å². The molecule has 2 aromatic rings. The zero-order valence-corrected chi connectivity index (χ0v) is 22.8. The molecule has 39 heavy (non-hydrogen) atoms. The van der Waals surface area contributed by atoms with Crippen LogP contribution >= 0.6 is 0 Å². The van der Waals surface area contributed by atoms with E-state index < -0.39 is 49.5 Å². The third kappa shape index (κ3) is 6.95. The van der Waals surface area contributed by atoms with Gasteiger partial charge in [-0.1, -0.05) is 18.9 Å². The van der Waals surface area contributed by atoms with Crippen LogP contribution in [0, 0.1) is 0 Å². The van der Waals surface area contributed by atoms with Crippen molar-refractivity contribution in [3.05, 3.63) is 59.7 Å². The molecule has 1 heterocycles. The monoisotopic (exact) mass is 583 g/mol. The molecule has 1 saturated carbocycles. The number of hydrogen-bond donors (Lipinski definition) is 3. The number of halogens is 2. The number of nitrogens with zero attached hydrogens (tertiary/aromatic N) is 1. The van der Waals surface area contributed by atoms with Crippen LogP contribution in [0.5, 0.6) is 0 Å². The van der Waals surface area contributed by atoms with Crippen LogP contribution in [-0.2, 0) is 19.9 Å². The number of rotatable bonds is 9. The number of sulfone groups is 1. The van der Waals surface area contributed by atoms with Gasteiger partial charge in [0.15, 0.2) is 9.84 Å². The number of piperidine rings is 1. The minimum absolute atomic E-state index is 0.0392. The maximum Gasteiger partial charge on any atom is 0.269 e. The average Bonchev–Trinajstić information content (AvgIpc) is 3.45. The first-order chi connectivity index (χ1) is 18.5. The minimum atomic E-state index is -3.84. The lowest BCUT2D eigenvalue weighted by molar-refractivity contribution is 0.102. The third-order valence-electron chi connectivity index (χ3n) is 7.01. The summed E-state index contributed by atoms with van der Waals surface area (Å²) in [4.78, 5) is 15.2. The Labute approximate surface area is 226 Å². The Kier molecular flexibility index (Phi) is 8.92. The van der Waals surface area contributed by atoms with Crippen LogP contribution in [0.3, 0.4) is 0 Å². The molecule has 0 unspecified atom stereocenters. The molecular weight excluding hydrogens is 552 g/mol. The molecule has 1 aliphatic carbocycles. The van der Waals surface area contributed by atoms with Crippen molar-refractivity contribution in [3.8, 4) is 0 Å². The van der Waals surface area contributed by atoms with Gasteiger partial charge in [0.1, 0.15) is 0 Å². The highest BCUT2D eigenvalue weighted by atomic mass is 32.2. The van der Waals surface area contributed by atoms with Gasteiger partial charge in [0.2, 0.25) is 10.0 Å². The van der Waals surface area contributed by atoms with Gasteiger partial charge in [-0.05, 0) is 67.7 Å². The summed E-state index contributed by atoms with van der Waals surface area (Å²) in [7, 11) is -7.38. The average molecular weight is 584 g/mol. The zero-order chi connectivity index (χ0) is 28.2. The SMILES string of the molecule is O=C(Nc1cccc(S(=O)(=O)C2CCCC2)c1)c1ccc(NS(=O)(=O)CCO)cc1N1CCC(=C(F)F)CC1. The van der Waals surface area contributed by atoms with Crippen molar-refractivity contribution < 1.29 is 35.5 Å². The molecule has 13 heteroatoms. The van der Waals surface area contributed by atoms with E-state index >= 15 is 0 Å². The molecule has 0 spiro atoms. The number of carbonyl (C=O) groups excluding carboxylic acids is 1. The van der Waals surface area contributed by atoms with Crippen molar-refractivity contribution in [1.29, 1.82) is 0 Å². The number of hydrogen-bond acceptors (Lipinski definition) is 7. The van der Waals surface area contributed by atoms with Crippen molar-refractivity contribution >= 4 is 42.8 Å². The number of amides is 1. The van der Waals surface area contributed by atoms with Crippen LogP contribution in [0.25, 0.3) is 0 Å². The number of sulfonamides is 1. The second-order valence-corrected chi connectivity index (χ2v) is 13.7. The summed E-state index contributed by atoms with van der Waals surface area (Å²) >= 11 is 0. The number of benzene rings is 2. The minimum Gasteiger partial charge on any atom is -0.395 e. The summed E-state index contributed by atoms with van der Waals surface area (Å²) in [5.74, 6) is -1.08. The van der Waals surface area contributed by atoms with Crippen molar-refractivity contribution in [1.82, 2.24) is 0 Å². The van der Waals surface area contributed by atoms with E-state index in [1.807, 2.05) is 0 Å². The van der Waals surface area contributed by atoms with Crippen molar-refractivity contribution in [2.75, 3.05) is 40.4 Å². The van der Waals surface area contributed by atoms with E-state index in [-0.39, 0.29) is 53.3 Å². The maximum atomic E-state index is 13.4. The highest BCUT2D eigenvalue weighted by molar-refractivity contribution is 7.92. The molecule has 0 aromatic heterocycles. The molecule has 0 atom stereocenters. The third-order valence-corrected chi connectivity index (χ3v) is 10.5. The summed E-state index contributed by atoms with van der Waals surface area (Å²) < 4.78 is 78.9. The molecule has 212 valence electrons. The molecule has 2 aliphatic rings. The normalized spacial score (nSPS) is 16.8. The fraction of sp³-hybridized carbons (Fsp3) is 0.423. The Bertz CT molecular complexity index is 1460. The fourth-order valence-corrected chi connectivity index (χ4v) is 7.67. The Balaban J connectivity index is 1.62. The first-order valence-electron chi connectivity index (χ1n) is 12.7. The van der Waals surface area contributed by atoms with E-state index in [2.05, 4.69) is 10.0 Å². The van der Waals surface area contributed by atoms with Gasteiger partial charge in [-0.3, -0.25) is 9.52 Å². The molecule has 2 fully saturated rings. The zero-order valence-electron chi connectivity index (χ0n) is 21.2. The van der Waals surface area contributed by atoms with Crippen LogP contribution in [0.15, 0.2) is 59.0 Å². The number of carbonyl (C=O) groups is 1. The molecule has 1 saturated heterocycles. The van der Waals surface area contributed by atoms with Crippen molar-refractivity contribution in [3.63, 3.8) is 0 Å². The predicted molar refractivity (Wildman–Crippen MR) is 145 cm³/mol. The summed E-state index contributed by atoms with van der Waals surface area (Å²) in [6.07, 6.45) is 1.40. The van der Waals surface area contributed by atoms with Gasteiger partial charge in [-0.15, -0.1) is 0 Å². The molecular formula is C26H31F2N3O6S2. The summed E-state index contributed by atoms with van der Waals surface area (Å²) in [5.41, 5.74) is 0.971. The molecule has 4 rings (SSSR count). The molecule has 0 radical (unpaired) electrons. The van der Waals surface area contributed by atoms with Crippen LogP contribution < -0.4 is 14.9 Å². The molecule has 1 aliphatic heterocycles. The van der Waals surface area contributed by atoms with Gasteiger partial charge in [0.25, 0.3) is 12.0 Å². The largest absolute Gasteiger partial charge is 0.395 e. The standard InChI is InChI=1S/C26H31F2N3O6S2/c27-25(28)18-10-12-31(13-11-18)24-17-20(30-38(34,35)15-14-32)8-9-23(24)26(33)29-19-4-3-7-22(16-19)39(36,37)21-5-1-2-6-21/h3-4,7-9,16-17,21,30,32H,1-2,5-6,10-15H2,(H,29,33). The maximum absolute atomic E-state index is 13.4. The summed E-state index contributed by atoms with van der Waals surface area (Å²) in [6.45, 7) is -0.196. The number of anilines is 3. The molecule has 2 aromatic carbocycles. The van der Waals surface area contributed by atoms with Gasteiger partial charge in [-0.2, -0.15) is 8.78 Å². The van der Waals surface area contributed by atoms with E-state index in [4.69, 9.17) is 5.11 Å². The Morgan fingerprint density at radius 1 is 0.974 bits per heavy atom. The highest BCUT2D eigenvalue weighted by Crippen LogP contribution is 2.33. The van der Waals surface area contributed by atoms with E-state index in [0.717, 1.165) is 12.8 Å².